The highest BCUT2D eigenvalue weighted by atomic mass is 19.4. The number of esters is 1. The first-order valence-electron chi connectivity index (χ1n) is 5.41. The van der Waals surface area contributed by atoms with Crippen LogP contribution < -0.4 is 0 Å². The molecule has 1 aromatic carbocycles. The van der Waals surface area contributed by atoms with Crippen LogP contribution in [0.2, 0.25) is 0 Å². The Labute approximate surface area is 106 Å². The molecule has 19 heavy (non-hydrogen) atoms. The average molecular weight is 282 g/mol. The molecule has 0 saturated carbocycles. The van der Waals surface area contributed by atoms with Crippen molar-refractivity contribution in [2.24, 2.45) is 0 Å². The zero-order valence-corrected chi connectivity index (χ0v) is 9.71. The van der Waals surface area contributed by atoms with Gasteiger partial charge in [0, 0.05) is 6.42 Å². The lowest BCUT2D eigenvalue weighted by atomic mass is 10.2. The zero-order valence-electron chi connectivity index (χ0n) is 9.71. The van der Waals surface area contributed by atoms with Crippen LogP contribution in [0, 0.1) is 0 Å². The molecule has 0 heterocycles. The highest BCUT2D eigenvalue weighted by molar-refractivity contribution is 5.89. The number of carbonyl (C=O) groups excluding carboxylic acids is 1. The van der Waals surface area contributed by atoms with Crippen molar-refractivity contribution in [3.05, 3.63) is 35.9 Å². The van der Waals surface area contributed by atoms with Crippen LogP contribution in [0.4, 0.5) is 22.0 Å². The summed E-state index contributed by atoms with van der Waals surface area (Å²) in [4.78, 5) is 11.3. The summed E-state index contributed by atoms with van der Waals surface area (Å²) in [5.41, 5.74) is 0.213. The van der Waals surface area contributed by atoms with Crippen molar-refractivity contribution in [3.8, 4) is 0 Å². The smallest absolute Gasteiger partial charge is 0.453 e. The minimum absolute atomic E-state index is 0.213. The van der Waals surface area contributed by atoms with Gasteiger partial charge in [0.05, 0.1) is 12.2 Å². The van der Waals surface area contributed by atoms with Crippen molar-refractivity contribution in [2.75, 3.05) is 6.61 Å². The van der Waals surface area contributed by atoms with Crippen LogP contribution in [0.5, 0.6) is 0 Å². The molecule has 0 spiro atoms. The SMILES string of the molecule is O=C(OCCCC(F)(F)C(F)(F)F)c1ccccc1. The third kappa shape index (κ3) is 4.50. The fraction of sp³-hybridized carbons (Fsp3) is 0.417. The van der Waals surface area contributed by atoms with E-state index in [1.165, 1.54) is 12.1 Å². The lowest BCUT2D eigenvalue weighted by molar-refractivity contribution is -0.284. The zero-order chi connectivity index (χ0) is 14.5. The number of carbonyl (C=O) groups is 1. The first kappa shape index (κ1) is 15.4. The predicted molar refractivity (Wildman–Crippen MR) is 57.0 cm³/mol. The third-order valence-corrected chi connectivity index (χ3v) is 2.29. The molecule has 0 amide bonds. The summed E-state index contributed by atoms with van der Waals surface area (Å²) in [6.07, 6.45) is -7.54. The molecule has 0 saturated heterocycles. The monoisotopic (exact) mass is 282 g/mol. The van der Waals surface area contributed by atoms with Crippen molar-refractivity contribution in [1.82, 2.24) is 0 Å². The van der Waals surface area contributed by atoms with Crippen molar-refractivity contribution in [1.29, 1.82) is 0 Å². The second-order valence-corrected chi connectivity index (χ2v) is 3.81. The fourth-order valence-corrected chi connectivity index (χ4v) is 1.26. The number of ether oxygens (including phenoxy) is 1. The largest absolute Gasteiger partial charge is 0.462 e. The van der Waals surface area contributed by atoms with E-state index in [2.05, 4.69) is 4.74 Å². The second kappa shape index (κ2) is 5.99. The van der Waals surface area contributed by atoms with Gasteiger partial charge in [-0.25, -0.2) is 4.79 Å². The molecule has 0 aliphatic heterocycles. The highest BCUT2D eigenvalue weighted by Crippen LogP contribution is 2.38. The first-order chi connectivity index (χ1) is 8.74. The van der Waals surface area contributed by atoms with E-state index < -0.39 is 37.5 Å². The fourth-order valence-electron chi connectivity index (χ4n) is 1.26. The summed E-state index contributed by atoms with van der Waals surface area (Å²) in [5, 5.41) is 0. The van der Waals surface area contributed by atoms with E-state index in [-0.39, 0.29) is 5.56 Å². The Kier molecular flexibility index (Phi) is 4.85. The molecule has 106 valence electrons. The molecule has 0 aliphatic rings. The Morgan fingerprint density at radius 3 is 2.16 bits per heavy atom. The molecule has 1 rings (SSSR count). The third-order valence-electron chi connectivity index (χ3n) is 2.29. The standard InChI is InChI=1S/C12H11F5O2/c13-11(14,12(15,16)17)7-4-8-19-10(18)9-5-2-1-3-6-9/h1-3,5-6H,4,7-8H2. The summed E-state index contributed by atoms with van der Waals surface area (Å²) in [7, 11) is 0. The molecule has 0 N–H and O–H groups in total. The van der Waals surface area contributed by atoms with E-state index in [1.807, 2.05) is 0 Å². The molecule has 0 aliphatic carbocycles. The highest BCUT2D eigenvalue weighted by Gasteiger charge is 2.56. The second-order valence-electron chi connectivity index (χ2n) is 3.81. The Hall–Kier alpha value is -1.66. The van der Waals surface area contributed by atoms with Gasteiger partial charge in [0.15, 0.2) is 0 Å². The number of hydrogen-bond acceptors (Lipinski definition) is 2. The number of rotatable bonds is 5. The van der Waals surface area contributed by atoms with Crippen molar-refractivity contribution in [2.45, 2.75) is 24.9 Å². The van der Waals surface area contributed by atoms with Gasteiger partial charge in [0.2, 0.25) is 0 Å². The molecule has 0 atom stereocenters. The molecule has 0 fully saturated rings. The minimum Gasteiger partial charge on any atom is -0.462 e. The van der Waals surface area contributed by atoms with Crippen molar-refractivity contribution in [3.63, 3.8) is 0 Å². The van der Waals surface area contributed by atoms with E-state index in [0.29, 0.717) is 0 Å². The van der Waals surface area contributed by atoms with Gasteiger partial charge in [-0.2, -0.15) is 22.0 Å². The lowest BCUT2D eigenvalue weighted by Crippen LogP contribution is -2.36. The molecule has 0 unspecified atom stereocenters. The van der Waals surface area contributed by atoms with Crippen molar-refractivity contribution >= 4 is 5.97 Å². The quantitative estimate of drug-likeness (QED) is 0.466. The van der Waals surface area contributed by atoms with Crippen LogP contribution in [0.1, 0.15) is 23.2 Å². The van der Waals surface area contributed by atoms with Gasteiger partial charge >= 0.3 is 18.1 Å². The van der Waals surface area contributed by atoms with Gasteiger partial charge in [-0.15, -0.1) is 0 Å². The molecule has 1 aromatic rings. The van der Waals surface area contributed by atoms with E-state index in [1.54, 1.807) is 18.2 Å². The predicted octanol–water partition coefficient (Wildman–Crippen LogP) is 3.82. The molecular weight excluding hydrogens is 271 g/mol. The average Bonchev–Trinajstić information content (AvgIpc) is 2.34. The minimum atomic E-state index is -5.57. The Bertz CT molecular complexity index is 414. The first-order valence-corrected chi connectivity index (χ1v) is 5.41. The Balaban J connectivity index is 2.34. The van der Waals surface area contributed by atoms with Crippen LogP contribution in [-0.4, -0.2) is 24.7 Å². The summed E-state index contributed by atoms with van der Waals surface area (Å²) in [6.45, 7) is -0.487. The number of alkyl halides is 5. The maximum atomic E-state index is 12.5. The molecule has 0 bridgehead atoms. The number of hydrogen-bond donors (Lipinski definition) is 0. The maximum absolute atomic E-state index is 12.5. The van der Waals surface area contributed by atoms with Gasteiger partial charge in [0.25, 0.3) is 0 Å². The van der Waals surface area contributed by atoms with Gasteiger partial charge in [0.1, 0.15) is 0 Å². The van der Waals surface area contributed by atoms with E-state index in [9.17, 15) is 26.7 Å². The number of halogens is 5. The van der Waals surface area contributed by atoms with Gasteiger partial charge in [-0.05, 0) is 18.6 Å². The molecule has 0 aromatic heterocycles. The Morgan fingerprint density at radius 2 is 1.63 bits per heavy atom. The van der Waals surface area contributed by atoms with Crippen molar-refractivity contribution < 1.29 is 31.5 Å². The summed E-state index contributed by atoms with van der Waals surface area (Å²) in [5.74, 6) is -5.51. The van der Waals surface area contributed by atoms with E-state index in [4.69, 9.17) is 0 Å². The van der Waals surface area contributed by atoms with Crippen LogP contribution in [-0.2, 0) is 4.74 Å². The van der Waals surface area contributed by atoms with Gasteiger partial charge < -0.3 is 4.74 Å². The van der Waals surface area contributed by atoms with Crippen LogP contribution in [0.25, 0.3) is 0 Å². The lowest BCUT2D eigenvalue weighted by Gasteiger charge is -2.19. The van der Waals surface area contributed by atoms with E-state index >= 15 is 0 Å². The normalized spacial score (nSPS) is 12.3. The van der Waals surface area contributed by atoms with Gasteiger partial charge in [-0.3, -0.25) is 0 Å². The Morgan fingerprint density at radius 1 is 1.05 bits per heavy atom. The van der Waals surface area contributed by atoms with Crippen LogP contribution >= 0.6 is 0 Å². The summed E-state index contributed by atoms with van der Waals surface area (Å²) < 4.78 is 65.1. The molecular formula is C12H11F5O2. The van der Waals surface area contributed by atoms with Gasteiger partial charge in [-0.1, -0.05) is 18.2 Å². The van der Waals surface area contributed by atoms with Crippen LogP contribution in [0.15, 0.2) is 30.3 Å². The summed E-state index contributed by atoms with van der Waals surface area (Å²) >= 11 is 0. The maximum Gasteiger partial charge on any atom is 0.453 e. The molecule has 2 nitrogen and oxygen atoms in total. The van der Waals surface area contributed by atoms with E-state index in [0.717, 1.165) is 0 Å². The molecule has 0 radical (unpaired) electrons. The topological polar surface area (TPSA) is 26.3 Å². The molecule has 7 heteroatoms. The summed E-state index contributed by atoms with van der Waals surface area (Å²) in [6, 6.07) is 7.72. The number of benzene rings is 1. The van der Waals surface area contributed by atoms with Crippen LogP contribution in [0.3, 0.4) is 0 Å².